The first-order valence-corrected chi connectivity index (χ1v) is 5.80. The maximum atomic E-state index is 13.4. The van der Waals surface area contributed by atoms with Crippen molar-refractivity contribution in [1.82, 2.24) is 9.97 Å². The smallest absolute Gasteiger partial charge is 0.449 e. The number of aromatic nitrogens is 2. The Hall–Kier alpha value is -2.29. The topological polar surface area (TPSA) is 66.0 Å². The molecule has 2 aromatic rings. The third-order valence-electron chi connectivity index (χ3n) is 2.47. The van der Waals surface area contributed by atoms with E-state index in [0.29, 0.717) is 0 Å². The Labute approximate surface area is 120 Å². The van der Waals surface area contributed by atoms with Gasteiger partial charge >= 0.3 is 12.1 Å². The molecule has 0 amide bonds. The van der Waals surface area contributed by atoms with Crippen molar-refractivity contribution in [1.29, 1.82) is 0 Å². The molecule has 2 N–H and O–H groups in total. The second kappa shape index (κ2) is 5.24. The van der Waals surface area contributed by atoms with Gasteiger partial charge in [0, 0.05) is 5.56 Å². The highest BCUT2D eigenvalue weighted by molar-refractivity contribution is 7.71. The Kier molecular flexibility index (Phi) is 3.77. The number of halogens is 4. The van der Waals surface area contributed by atoms with E-state index in [1.807, 2.05) is 4.98 Å². The molecule has 1 aromatic heterocycles. The third kappa shape index (κ3) is 3.43. The molecule has 0 saturated carbocycles. The number of benzene rings is 1. The van der Waals surface area contributed by atoms with E-state index in [4.69, 9.17) is 5.11 Å². The van der Waals surface area contributed by atoms with Crippen LogP contribution in [0, 0.1) is 10.5 Å². The fraction of sp³-hybridized carbons (Fsp3) is 0.0833. The Morgan fingerprint density at radius 2 is 1.90 bits per heavy atom. The number of aromatic amines is 1. The van der Waals surface area contributed by atoms with Gasteiger partial charge in [-0.15, -0.1) is 0 Å². The first kappa shape index (κ1) is 15.1. The first-order chi connectivity index (χ1) is 9.66. The molecule has 0 aliphatic rings. The summed E-state index contributed by atoms with van der Waals surface area (Å²) in [6.45, 7) is 0. The number of H-pyrrole nitrogens is 1. The average Bonchev–Trinajstić information content (AvgIpc) is 2.36. The highest BCUT2D eigenvalue weighted by atomic mass is 32.1. The molecule has 1 aromatic carbocycles. The van der Waals surface area contributed by atoms with Gasteiger partial charge in [-0.25, -0.2) is 14.2 Å². The molecule has 0 aliphatic heterocycles. The van der Waals surface area contributed by atoms with Gasteiger partial charge < -0.3 is 10.1 Å². The Bertz CT molecular complexity index is 771. The number of carboxylic acid groups (broad SMARTS) is 1. The van der Waals surface area contributed by atoms with Crippen LogP contribution in [-0.2, 0) is 6.18 Å². The molecular weight excluding hydrogens is 312 g/mol. The van der Waals surface area contributed by atoms with E-state index >= 15 is 0 Å². The number of carboxylic acids is 1. The van der Waals surface area contributed by atoms with Crippen LogP contribution in [-0.4, -0.2) is 21.0 Å². The summed E-state index contributed by atoms with van der Waals surface area (Å²) >= 11 is 4.63. The maximum absolute atomic E-state index is 13.4. The average molecular weight is 318 g/mol. The number of hydrogen-bond acceptors (Lipinski definition) is 3. The van der Waals surface area contributed by atoms with Crippen LogP contribution in [0.3, 0.4) is 0 Å². The van der Waals surface area contributed by atoms with Gasteiger partial charge in [0.25, 0.3) is 0 Å². The molecule has 1 heterocycles. The van der Waals surface area contributed by atoms with E-state index in [2.05, 4.69) is 17.2 Å². The molecule has 110 valence electrons. The maximum Gasteiger partial charge on any atom is 0.449 e. The molecular formula is C12H6F4N2O2S. The molecule has 9 heteroatoms. The minimum absolute atomic E-state index is 0.0774. The lowest BCUT2D eigenvalue weighted by Crippen LogP contribution is -2.11. The van der Waals surface area contributed by atoms with Crippen molar-refractivity contribution in [3.05, 3.63) is 46.1 Å². The molecule has 0 aliphatic carbocycles. The van der Waals surface area contributed by atoms with Crippen LogP contribution in [0.15, 0.2) is 24.3 Å². The number of hydrogen-bond donors (Lipinski definition) is 2. The van der Waals surface area contributed by atoms with Crippen LogP contribution in [0.4, 0.5) is 17.6 Å². The molecule has 0 atom stereocenters. The van der Waals surface area contributed by atoms with Crippen molar-refractivity contribution in [3.8, 4) is 11.3 Å². The van der Waals surface area contributed by atoms with Crippen molar-refractivity contribution in [3.63, 3.8) is 0 Å². The SMILES string of the molecule is O=C(O)c1cc(F)cc(-c2cc(=S)nc(C(F)(F)F)[nH]2)c1. The van der Waals surface area contributed by atoms with Crippen molar-refractivity contribution in [2.75, 3.05) is 0 Å². The van der Waals surface area contributed by atoms with Crippen molar-refractivity contribution in [2.24, 2.45) is 0 Å². The summed E-state index contributed by atoms with van der Waals surface area (Å²) in [5, 5.41) is 8.83. The van der Waals surface area contributed by atoms with Crippen LogP contribution in [0.25, 0.3) is 11.3 Å². The number of nitrogens with zero attached hydrogens (tertiary/aromatic N) is 1. The van der Waals surface area contributed by atoms with Crippen LogP contribution in [0.2, 0.25) is 0 Å². The number of carbonyl (C=O) groups is 1. The lowest BCUT2D eigenvalue weighted by atomic mass is 10.1. The van der Waals surface area contributed by atoms with Crippen molar-refractivity contribution < 1.29 is 27.5 Å². The lowest BCUT2D eigenvalue weighted by molar-refractivity contribution is -0.145. The molecule has 0 saturated heterocycles. The molecule has 0 fully saturated rings. The number of nitrogens with one attached hydrogen (secondary N) is 1. The molecule has 0 unspecified atom stereocenters. The highest BCUT2D eigenvalue weighted by Gasteiger charge is 2.34. The van der Waals surface area contributed by atoms with E-state index in [1.165, 1.54) is 0 Å². The fourth-order valence-electron chi connectivity index (χ4n) is 1.62. The zero-order chi connectivity index (χ0) is 15.8. The Morgan fingerprint density at radius 1 is 1.24 bits per heavy atom. The summed E-state index contributed by atoms with van der Waals surface area (Å²) in [5.74, 6) is -3.64. The van der Waals surface area contributed by atoms with Gasteiger partial charge in [-0.2, -0.15) is 13.2 Å². The zero-order valence-corrected chi connectivity index (χ0v) is 10.8. The highest BCUT2D eigenvalue weighted by Crippen LogP contribution is 2.28. The summed E-state index contributed by atoms with van der Waals surface area (Å²) in [5.41, 5.74) is -0.648. The third-order valence-corrected chi connectivity index (χ3v) is 2.68. The number of alkyl halides is 3. The minimum Gasteiger partial charge on any atom is -0.478 e. The standard InChI is InChI=1S/C12H6F4N2O2S/c13-7-2-5(1-6(3-7)10(19)20)8-4-9(21)18-11(17-8)12(14,15)16/h1-4H,(H,19,20)(H,17,18,21). The normalized spacial score (nSPS) is 11.4. The van der Waals surface area contributed by atoms with Crippen LogP contribution >= 0.6 is 12.2 Å². The number of aromatic carboxylic acids is 1. The van der Waals surface area contributed by atoms with Crippen molar-refractivity contribution >= 4 is 18.2 Å². The Balaban J connectivity index is 2.65. The van der Waals surface area contributed by atoms with E-state index < -0.39 is 29.4 Å². The molecule has 0 bridgehead atoms. The largest absolute Gasteiger partial charge is 0.478 e. The summed E-state index contributed by atoms with van der Waals surface area (Å²) in [6.07, 6.45) is -4.76. The van der Waals surface area contributed by atoms with Gasteiger partial charge in [0.05, 0.1) is 11.3 Å². The van der Waals surface area contributed by atoms with Crippen molar-refractivity contribution in [2.45, 2.75) is 6.18 Å². The molecule has 4 nitrogen and oxygen atoms in total. The van der Waals surface area contributed by atoms with Gasteiger partial charge in [0.1, 0.15) is 10.5 Å². The van der Waals surface area contributed by atoms with E-state index in [-0.39, 0.29) is 15.9 Å². The van der Waals surface area contributed by atoms with Gasteiger partial charge in [-0.1, -0.05) is 12.2 Å². The predicted molar refractivity (Wildman–Crippen MR) is 66.8 cm³/mol. The van der Waals surface area contributed by atoms with Gasteiger partial charge in [-0.3, -0.25) is 0 Å². The summed E-state index contributed by atoms with van der Waals surface area (Å²) in [7, 11) is 0. The number of rotatable bonds is 2. The molecule has 0 radical (unpaired) electrons. The van der Waals surface area contributed by atoms with Crippen LogP contribution < -0.4 is 0 Å². The predicted octanol–water partition coefficient (Wildman–Crippen LogP) is 3.66. The fourth-order valence-corrected chi connectivity index (χ4v) is 1.83. The van der Waals surface area contributed by atoms with E-state index in [0.717, 1.165) is 24.3 Å². The lowest BCUT2D eigenvalue weighted by Gasteiger charge is -2.09. The monoisotopic (exact) mass is 318 g/mol. The first-order valence-electron chi connectivity index (χ1n) is 5.39. The zero-order valence-electron chi connectivity index (χ0n) is 10.0. The summed E-state index contributed by atoms with van der Waals surface area (Å²) in [4.78, 5) is 15.9. The van der Waals surface area contributed by atoms with Crippen LogP contribution in [0.1, 0.15) is 16.2 Å². The van der Waals surface area contributed by atoms with Gasteiger partial charge in [0.15, 0.2) is 0 Å². The van der Waals surface area contributed by atoms with Gasteiger partial charge in [0.2, 0.25) is 5.82 Å². The van der Waals surface area contributed by atoms with Crippen LogP contribution in [0.5, 0.6) is 0 Å². The quantitative estimate of drug-likeness (QED) is 0.655. The minimum atomic E-state index is -4.76. The van der Waals surface area contributed by atoms with Gasteiger partial charge in [-0.05, 0) is 24.3 Å². The summed E-state index contributed by atoms with van der Waals surface area (Å²) in [6, 6.07) is 3.77. The van der Waals surface area contributed by atoms with E-state index in [1.54, 1.807) is 0 Å². The second-order valence-corrected chi connectivity index (χ2v) is 4.43. The molecule has 21 heavy (non-hydrogen) atoms. The second-order valence-electron chi connectivity index (χ2n) is 4.01. The van der Waals surface area contributed by atoms with E-state index in [9.17, 15) is 22.4 Å². The molecule has 2 rings (SSSR count). The Morgan fingerprint density at radius 3 is 2.48 bits per heavy atom. The molecule has 0 spiro atoms. The summed E-state index contributed by atoms with van der Waals surface area (Å²) < 4.78 is 50.9.